The van der Waals surface area contributed by atoms with Crippen LogP contribution < -0.4 is 5.32 Å². The van der Waals surface area contributed by atoms with E-state index in [1.54, 1.807) is 0 Å². The van der Waals surface area contributed by atoms with Crippen molar-refractivity contribution in [3.8, 4) is 0 Å². The first-order valence-corrected chi connectivity index (χ1v) is 6.12. The highest BCUT2D eigenvalue weighted by Gasteiger charge is 2.07. The second kappa shape index (κ2) is 7.41. The maximum absolute atomic E-state index is 4.25. The number of hydrogen-bond acceptors (Lipinski definition) is 3. The Morgan fingerprint density at radius 2 is 2.25 bits per heavy atom. The van der Waals surface area contributed by atoms with Gasteiger partial charge in [-0.15, -0.1) is 0 Å². The van der Waals surface area contributed by atoms with Crippen LogP contribution >= 0.6 is 0 Å². The number of nitrogens with one attached hydrogen (secondary N) is 1. The van der Waals surface area contributed by atoms with Gasteiger partial charge in [-0.1, -0.05) is 6.92 Å². The first-order valence-electron chi connectivity index (χ1n) is 6.12. The quantitative estimate of drug-likeness (QED) is 0.677. The van der Waals surface area contributed by atoms with Gasteiger partial charge in [0.1, 0.15) is 0 Å². The molecule has 1 aromatic rings. The Morgan fingerprint density at radius 3 is 2.88 bits per heavy atom. The van der Waals surface area contributed by atoms with Gasteiger partial charge in [-0.3, -0.25) is 4.68 Å². The van der Waals surface area contributed by atoms with Gasteiger partial charge in [0.2, 0.25) is 0 Å². The van der Waals surface area contributed by atoms with Crippen LogP contribution in [-0.2, 0) is 0 Å². The molecule has 0 radical (unpaired) electrons. The third-order valence-corrected chi connectivity index (χ3v) is 2.65. The van der Waals surface area contributed by atoms with Crippen molar-refractivity contribution in [2.24, 2.45) is 0 Å². The molecule has 0 aliphatic heterocycles. The average molecular weight is 224 g/mol. The Balaban J connectivity index is 2.16. The molecule has 16 heavy (non-hydrogen) atoms. The third kappa shape index (κ3) is 4.77. The van der Waals surface area contributed by atoms with Crippen LogP contribution in [-0.4, -0.2) is 47.9 Å². The molecule has 0 spiro atoms. The number of rotatable bonds is 8. The molecule has 1 aromatic heterocycles. The Kier molecular flexibility index (Phi) is 6.11. The molecule has 1 unspecified atom stereocenters. The lowest BCUT2D eigenvalue weighted by molar-refractivity contribution is 0.275. The molecule has 4 nitrogen and oxygen atoms in total. The molecule has 0 saturated carbocycles. The topological polar surface area (TPSA) is 33.1 Å². The molecule has 0 bridgehead atoms. The number of aromatic nitrogens is 2. The van der Waals surface area contributed by atoms with Gasteiger partial charge >= 0.3 is 0 Å². The second-order valence-corrected chi connectivity index (χ2v) is 4.35. The Bertz CT molecular complexity index is 258. The van der Waals surface area contributed by atoms with Gasteiger partial charge in [0.05, 0.1) is 6.04 Å². The number of nitrogens with zero attached hydrogens (tertiary/aromatic N) is 3. The summed E-state index contributed by atoms with van der Waals surface area (Å²) < 4.78 is 2.01. The largest absolute Gasteiger partial charge is 0.315 e. The van der Waals surface area contributed by atoms with Crippen molar-refractivity contribution in [1.82, 2.24) is 20.0 Å². The standard InChI is InChI=1S/C12H24N4/c1-4-6-13-8-10-15(3)11-12(2)16-9-5-7-14-16/h5,7,9,12-13H,4,6,8,10-11H2,1-3H3. The lowest BCUT2D eigenvalue weighted by atomic mass is 10.3. The van der Waals surface area contributed by atoms with E-state index < -0.39 is 0 Å². The Morgan fingerprint density at radius 1 is 1.44 bits per heavy atom. The molecular formula is C12H24N4. The van der Waals surface area contributed by atoms with Gasteiger partial charge in [0.15, 0.2) is 0 Å². The lowest BCUT2D eigenvalue weighted by Gasteiger charge is -2.21. The van der Waals surface area contributed by atoms with Crippen molar-refractivity contribution in [3.63, 3.8) is 0 Å². The smallest absolute Gasteiger partial charge is 0.0617 e. The lowest BCUT2D eigenvalue weighted by Crippen LogP contribution is -2.33. The molecule has 0 saturated heterocycles. The van der Waals surface area contributed by atoms with Crippen LogP contribution in [0.25, 0.3) is 0 Å². The molecule has 4 heteroatoms. The van der Waals surface area contributed by atoms with Crippen LogP contribution in [0.2, 0.25) is 0 Å². The zero-order valence-corrected chi connectivity index (χ0v) is 10.7. The summed E-state index contributed by atoms with van der Waals surface area (Å²) in [5.41, 5.74) is 0. The summed E-state index contributed by atoms with van der Waals surface area (Å²) in [5.74, 6) is 0. The van der Waals surface area contributed by atoms with E-state index in [0.717, 1.165) is 26.2 Å². The van der Waals surface area contributed by atoms with Crippen molar-refractivity contribution in [2.45, 2.75) is 26.3 Å². The normalized spacial score (nSPS) is 13.2. The molecule has 0 aliphatic carbocycles. The van der Waals surface area contributed by atoms with Crippen LogP contribution in [0.4, 0.5) is 0 Å². The maximum atomic E-state index is 4.25. The van der Waals surface area contributed by atoms with E-state index in [-0.39, 0.29) is 0 Å². The summed E-state index contributed by atoms with van der Waals surface area (Å²) >= 11 is 0. The van der Waals surface area contributed by atoms with Crippen molar-refractivity contribution >= 4 is 0 Å². The fourth-order valence-corrected chi connectivity index (χ4v) is 1.74. The highest BCUT2D eigenvalue weighted by atomic mass is 15.3. The molecule has 1 N–H and O–H groups in total. The van der Waals surface area contributed by atoms with Gasteiger partial charge < -0.3 is 10.2 Å². The van der Waals surface area contributed by atoms with Crippen molar-refractivity contribution in [3.05, 3.63) is 18.5 Å². The van der Waals surface area contributed by atoms with Crippen LogP contribution in [0.15, 0.2) is 18.5 Å². The highest BCUT2D eigenvalue weighted by Crippen LogP contribution is 2.04. The number of likely N-dealkylation sites (N-methyl/N-ethyl adjacent to an activating group) is 1. The van der Waals surface area contributed by atoms with E-state index >= 15 is 0 Å². The zero-order valence-electron chi connectivity index (χ0n) is 10.7. The average Bonchev–Trinajstić information content (AvgIpc) is 2.77. The summed E-state index contributed by atoms with van der Waals surface area (Å²) in [6.07, 6.45) is 5.06. The summed E-state index contributed by atoms with van der Waals surface area (Å²) in [6.45, 7) is 8.69. The Labute approximate surface area is 98.6 Å². The van der Waals surface area contributed by atoms with Crippen LogP contribution in [0.5, 0.6) is 0 Å². The summed E-state index contributed by atoms with van der Waals surface area (Å²) in [6, 6.07) is 2.41. The molecule has 1 rings (SSSR count). The SMILES string of the molecule is CCCNCCN(C)CC(C)n1cccn1. The fourth-order valence-electron chi connectivity index (χ4n) is 1.74. The second-order valence-electron chi connectivity index (χ2n) is 4.35. The van der Waals surface area contributed by atoms with Crippen molar-refractivity contribution in [1.29, 1.82) is 0 Å². The van der Waals surface area contributed by atoms with E-state index in [1.807, 2.05) is 23.1 Å². The fraction of sp³-hybridized carbons (Fsp3) is 0.750. The predicted molar refractivity (Wildman–Crippen MR) is 67.6 cm³/mol. The summed E-state index contributed by atoms with van der Waals surface area (Å²) in [5, 5.41) is 7.66. The molecular weight excluding hydrogens is 200 g/mol. The van der Waals surface area contributed by atoms with E-state index in [2.05, 4.69) is 36.2 Å². The third-order valence-electron chi connectivity index (χ3n) is 2.65. The Hall–Kier alpha value is -0.870. The van der Waals surface area contributed by atoms with Gasteiger partial charge in [0.25, 0.3) is 0 Å². The van der Waals surface area contributed by atoms with Gasteiger partial charge in [-0.2, -0.15) is 5.10 Å². The molecule has 0 amide bonds. The molecule has 0 fully saturated rings. The van der Waals surface area contributed by atoms with Crippen LogP contribution in [0.1, 0.15) is 26.3 Å². The van der Waals surface area contributed by atoms with Crippen molar-refractivity contribution < 1.29 is 0 Å². The van der Waals surface area contributed by atoms with E-state index in [9.17, 15) is 0 Å². The first-order chi connectivity index (χ1) is 7.74. The molecule has 0 aliphatic rings. The van der Waals surface area contributed by atoms with Gasteiger partial charge in [-0.05, 0) is 33.0 Å². The first kappa shape index (κ1) is 13.2. The molecule has 92 valence electrons. The van der Waals surface area contributed by atoms with Gasteiger partial charge in [0, 0.05) is 32.0 Å². The minimum Gasteiger partial charge on any atom is -0.315 e. The van der Waals surface area contributed by atoms with Crippen molar-refractivity contribution in [2.75, 3.05) is 33.2 Å². The molecule has 1 atom stereocenters. The summed E-state index contributed by atoms with van der Waals surface area (Å²) in [7, 11) is 2.16. The monoisotopic (exact) mass is 224 g/mol. The van der Waals surface area contributed by atoms with E-state index in [1.165, 1.54) is 6.42 Å². The summed E-state index contributed by atoms with van der Waals surface area (Å²) in [4.78, 5) is 2.34. The zero-order chi connectivity index (χ0) is 11.8. The molecule has 0 aromatic carbocycles. The van der Waals surface area contributed by atoms with E-state index in [0.29, 0.717) is 6.04 Å². The maximum Gasteiger partial charge on any atom is 0.0617 e. The minimum absolute atomic E-state index is 0.436. The van der Waals surface area contributed by atoms with Crippen LogP contribution in [0, 0.1) is 0 Å². The highest BCUT2D eigenvalue weighted by molar-refractivity contribution is 4.81. The molecule has 1 heterocycles. The van der Waals surface area contributed by atoms with Gasteiger partial charge in [-0.25, -0.2) is 0 Å². The minimum atomic E-state index is 0.436. The number of hydrogen-bond donors (Lipinski definition) is 1. The van der Waals surface area contributed by atoms with Crippen LogP contribution in [0.3, 0.4) is 0 Å². The van der Waals surface area contributed by atoms with E-state index in [4.69, 9.17) is 0 Å². The predicted octanol–water partition coefficient (Wildman–Crippen LogP) is 1.38.